The maximum absolute atomic E-state index is 14.2. The van der Waals surface area contributed by atoms with E-state index in [1.807, 2.05) is 0 Å². The largest absolute Gasteiger partial charge is 0.453 e. The Kier molecular flexibility index (Phi) is 4.41. The molecule has 1 aromatic carbocycles. The van der Waals surface area contributed by atoms with Crippen LogP contribution in [0.1, 0.15) is 0 Å². The molecule has 2 aromatic heterocycles. The first-order chi connectivity index (χ1) is 11.6. The minimum absolute atomic E-state index is 0.00755. The first-order valence-corrected chi connectivity index (χ1v) is 7.15. The Labute approximate surface area is 136 Å². The number of aliphatic hydroxyl groups excluding tert-OH is 1. The number of nitrogens with two attached hydrogens (primary N) is 1. The molecule has 3 aromatic rings. The molecule has 0 unspecified atom stereocenters. The second-order valence-corrected chi connectivity index (χ2v) is 5.07. The number of nitrogens with zero attached hydrogens (tertiary/aromatic N) is 1. The van der Waals surface area contributed by atoms with Gasteiger partial charge < -0.3 is 25.9 Å². The van der Waals surface area contributed by atoms with Crippen molar-refractivity contribution in [2.75, 3.05) is 11.9 Å². The highest BCUT2D eigenvalue weighted by Gasteiger charge is 2.14. The maximum atomic E-state index is 14.2. The molecule has 0 fully saturated rings. The molecule has 3 rings (SSSR count). The SMILES string of the molecule is N[C@@H](CO)C(=O)Nc1ccc(Oc2ccnc3[nH]ccc23)c(F)c1. The van der Waals surface area contributed by atoms with Gasteiger partial charge in [0.05, 0.1) is 12.0 Å². The van der Waals surface area contributed by atoms with Gasteiger partial charge in [-0.15, -0.1) is 0 Å². The van der Waals surface area contributed by atoms with E-state index < -0.39 is 24.4 Å². The third-order valence-electron chi connectivity index (χ3n) is 3.37. The van der Waals surface area contributed by atoms with Gasteiger partial charge in [-0.2, -0.15) is 0 Å². The summed E-state index contributed by atoms with van der Waals surface area (Å²) in [6.07, 6.45) is 3.26. The number of aromatic amines is 1. The molecule has 0 saturated carbocycles. The number of rotatable bonds is 5. The molecule has 0 aliphatic rings. The van der Waals surface area contributed by atoms with Crippen LogP contribution < -0.4 is 15.8 Å². The van der Waals surface area contributed by atoms with Gasteiger partial charge in [0.15, 0.2) is 11.6 Å². The monoisotopic (exact) mass is 330 g/mol. The summed E-state index contributed by atoms with van der Waals surface area (Å²) in [6, 6.07) is 6.34. The fourth-order valence-electron chi connectivity index (χ4n) is 2.12. The average molecular weight is 330 g/mol. The zero-order valence-corrected chi connectivity index (χ0v) is 12.5. The summed E-state index contributed by atoms with van der Waals surface area (Å²) in [5.74, 6) is -0.785. The number of halogens is 1. The number of hydrogen-bond donors (Lipinski definition) is 4. The molecule has 2 heterocycles. The normalized spacial score (nSPS) is 12.1. The standard InChI is InChI=1S/C16H15FN4O3/c17-11-7-9(21-16(23)12(18)8-22)1-2-14(11)24-13-4-6-20-15-10(13)3-5-19-15/h1-7,12,22H,8,18H2,(H,19,20)(H,21,23)/t12-/m0/s1. The highest BCUT2D eigenvalue weighted by atomic mass is 19.1. The first-order valence-electron chi connectivity index (χ1n) is 7.15. The van der Waals surface area contributed by atoms with Gasteiger partial charge in [-0.25, -0.2) is 9.37 Å². The Morgan fingerprint density at radius 3 is 2.96 bits per heavy atom. The maximum Gasteiger partial charge on any atom is 0.243 e. The molecule has 1 amide bonds. The van der Waals surface area contributed by atoms with Gasteiger partial charge in [0.2, 0.25) is 5.91 Å². The number of carbonyl (C=O) groups excluding carboxylic acids is 1. The number of fused-ring (bicyclic) bond motifs is 1. The van der Waals surface area contributed by atoms with Crippen molar-refractivity contribution < 1.29 is 19.0 Å². The first kappa shape index (κ1) is 15.9. The number of pyridine rings is 1. The van der Waals surface area contributed by atoms with Crippen LogP contribution >= 0.6 is 0 Å². The number of anilines is 1. The minimum atomic E-state index is -1.07. The highest BCUT2D eigenvalue weighted by molar-refractivity contribution is 5.94. The van der Waals surface area contributed by atoms with E-state index in [2.05, 4.69) is 15.3 Å². The zero-order chi connectivity index (χ0) is 17.1. The Hall–Kier alpha value is -2.97. The van der Waals surface area contributed by atoms with Crippen LogP contribution in [0.3, 0.4) is 0 Å². The number of H-pyrrole nitrogens is 1. The van der Waals surface area contributed by atoms with Gasteiger partial charge in [-0.3, -0.25) is 4.79 Å². The molecular formula is C16H15FN4O3. The lowest BCUT2D eigenvalue weighted by atomic mass is 10.2. The van der Waals surface area contributed by atoms with E-state index in [0.717, 1.165) is 11.5 Å². The molecule has 0 aliphatic heterocycles. The molecule has 0 spiro atoms. The van der Waals surface area contributed by atoms with E-state index in [4.69, 9.17) is 15.6 Å². The third-order valence-corrected chi connectivity index (χ3v) is 3.37. The highest BCUT2D eigenvalue weighted by Crippen LogP contribution is 2.30. The summed E-state index contributed by atoms with van der Waals surface area (Å²) in [6.45, 7) is -0.496. The molecule has 0 aliphatic carbocycles. The molecular weight excluding hydrogens is 315 g/mol. The summed E-state index contributed by atoms with van der Waals surface area (Å²) >= 11 is 0. The number of aromatic nitrogens is 2. The van der Waals surface area contributed by atoms with Gasteiger partial charge in [-0.05, 0) is 24.3 Å². The van der Waals surface area contributed by atoms with E-state index in [9.17, 15) is 9.18 Å². The molecule has 0 saturated heterocycles. The van der Waals surface area contributed by atoms with Gasteiger partial charge >= 0.3 is 0 Å². The minimum Gasteiger partial charge on any atom is -0.453 e. The van der Waals surface area contributed by atoms with E-state index >= 15 is 0 Å². The van der Waals surface area contributed by atoms with Gasteiger partial charge in [0, 0.05) is 24.1 Å². The second kappa shape index (κ2) is 6.65. The van der Waals surface area contributed by atoms with Crippen LogP contribution in [0.2, 0.25) is 0 Å². The predicted molar refractivity (Wildman–Crippen MR) is 86.3 cm³/mol. The quantitative estimate of drug-likeness (QED) is 0.569. The van der Waals surface area contributed by atoms with E-state index in [1.54, 1.807) is 24.5 Å². The van der Waals surface area contributed by atoms with Gasteiger partial charge in [-0.1, -0.05) is 0 Å². The van der Waals surface area contributed by atoms with Crippen molar-refractivity contribution >= 4 is 22.6 Å². The Morgan fingerprint density at radius 1 is 1.38 bits per heavy atom. The number of ether oxygens (including phenoxy) is 1. The van der Waals surface area contributed by atoms with Crippen LogP contribution in [0.4, 0.5) is 10.1 Å². The van der Waals surface area contributed by atoms with Crippen LogP contribution in [0.15, 0.2) is 42.7 Å². The fraction of sp³-hybridized carbons (Fsp3) is 0.125. The third kappa shape index (κ3) is 3.19. The lowest BCUT2D eigenvalue weighted by Crippen LogP contribution is -2.38. The molecule has 0 radical (unpaired) electrons. The summed E-state index contributed by atoms with van der Waals surface area (Å²) in [5.41, 5.74) is 6.24. The molecule has 8 heteroatoms. The van der Waals surface area contributed by atoms with Crippen molar-refractivity contribution in [3.63, 3.8) is 0 Å². The molecule has 1 atom stereocenters. The zero-order valence-electron chi connectivity index (χ0n) is 12.5. The van der Waals surface area contributed by atoms with Crippen LogP contribution in [0.25, 0.3) is 11.0 Å². The summed E-state index contributed by atoms with van der Waals surface area (Å²) in [4.78, 5) is 18.7. The van der Waals surface area contributed by atoms with Crippen molar-refractivity contribution in [1.82, 2.24) is 9.97 Å². The molecule has 24 heavy (non-hydrogen) atoms. The van der Waals surface area contributed by atoms with Crippen molar-refractivity contribution in [3.05, 3.63) is 48.5 Å². The van der Waals surface area contributed by atoms with Crippen molar-refractivity contribution in [1.29, 1.82) is 0 Å². The number of nitrogens with one attached hydrogen (secondary N) is 2. The average Bonchev–Trinajstić information content (AvgIpc) is 3.06. The topological polar surface area (TPSA) is 113 Å². The predicted octanol–water partition coefficient (Wildman–Crippen LogP) is 1.75. The smallest absolute Gasteiger partial charge is 0.243 e. The number of hydrogen-bond acceptors (Lipinski definition) is 5. The lowest BCUT2D eigenvalue weighted by Gasteiger charge is -2.12. The molecule has 5 N–H and O–H groups in total. The Morgan fingerprint density at radius 2 is 2.21 bits per heavy atom. The second-order valence-electron chi connectivity index (χ2n) is 5.07. The number of carbonyl (C=O) groups is 1. The van der Waals surface area contributed by atoms with Crippen LogP contribution in [0.5, 0.6) is 11.5 Å². The van der Waals surface area contributed by atoms with E-state index in [0.29, 0.717) is 11.4 Å². The summed E-state index contributed by atoms with van der Waals surface area (Å²) < 4.78 is 19.8. The van der Waals surface area contributed by atoms with Gasteiger partial charge in [0.1, 0.15) is 17.4 Å². The summed E-state index contributed by atoms with van der Waals surface area (Å²) in [7, 11) is 0. The Bertz CT molecular complexity index is 881. The van der Waals surface area contributed by atoms with Crippen LogP contribution in [-0.2, 0) is 4.79 Å². The van der Waals surface area contributed by atoms with E-state index in [-0.39, 0.29) is 11.4 Å². The van der Waals surface area contributed by atoms with Gasteiger partial charge in [0.25, 0.3) is 0 Å². The number of amides is 1. The molecule has 0 bridgehead atoms. The van der Waals surface area contributed by atoms with Crippen molar-refractivity contribution in [2.24, 2.45) is 5.73 Å². The van der Waals surface area contributed by atoms with E-state index in [1.165, 1.54) is 12.1 Å². The fourth-order valence-corrected chi connectivity index (χ4v) is 2.12. The van der Waals surface area contributed by atoms with Crippen molar-refractivity contribution in [3.8, 4) is 11.5 Å². The summed E-state index contributed by atoms with van der Waals surface area (Å²) in [5, 5.41) is 12.0. The molecule has 124 valence electrons. The van der Waals surface area contributed by atoms with Crippen LogP contribution in [0, 0.1) is 5.82 Å². The Balaban J connectivity index is 1.80. The van der Waals surface area contributed by atoms with Crippen molar-refractivity contribution in [2.45, 2.75) is 6.04 Å². The molecule has 7 nitrogen and oxygen atoms in total. The number of benzene rings is 1. The number of aliphatic hydroxyl groups is 1. The van der Waals surface area contributed by atoms with Crippen LogP contribution in [-0.4, -0.2) is 33.6 Å². The lowest BCUT2D eigenvalue weighted by molar-refractivity contribution is -0.118.